The monoisotopic (exact) mass is 445 g/mol. The van der Waals surface area contributed by atoms with E-state index in [4.69, 9.17) is 9.47 Å². The van der Waals surface area contributed by atoms with Gasteiger partial charge in [-0.25, -0.2) is 0 Å². The highest BCUT2D eigenvalue weighted by Gasteiger charge is 2.20. The van der Waals surface area contributed by atoms with Crippen LogP contribution < -0.4 is 10.3 Å². The Hall–Kier alpha value is -3.09. The molecule has 1 atom stereocenters. The quantitative estimate of drug-likeness (QED) is 0.430. The van der Waals surface area contributed by atoms with Crippen LogP contribution in [0.4, 0.5) is 0 Å². The molecule has 1 aliphatic heterocycles. The van der Waals surface area contributed by atoms with Gasteiger partial charge in [-0.2, -0.15) is 0 Å². The molecule has 172 valence electrons. The van der Waals surface area contributed by atoms with E-state index in [1.807, 2.05) is 47.2 Å². The minimum Gasteiger partial charge on any atom is -0.495 e. The van der Waals surface area contributed by atoms with Gasteiger partial charge in [0.25, 0.3) is 5.56 Å². The number of para-hydroxylation sites is 1. The van der Waals surface area contributed by atoms with Crippen LogP contribution in [-0.2, 0) is 17.7 Å². The van der Waals surface area contributed by atoms with Gasteiger partial charge in [0.1, 0.15) is 5.75 Å². The molecule has 0 amide bonds. The first-order chi connectivity index (χ1) is 16.2. The van der Waals surface area contributed by atoms with Crippen molar-refractivity contribution < 1.29 is 9.47 Å². The van der Waals surface area contributed by atoms with Crippen LogP contribution in [-0.4, -0.2) is 54.0 Å². The van der Waals surface area contributed by atoms with Crippen molar-refractivity contribution in [2.24, 2.45) is 0 Å². The van der Waals surface area contributed by atoms with E-state index in [0.717, 1.165) is 73.4 Å². The molecule has 2 aromatic heterocycles. The van der Waals surface area contributed by atoms with Crippen LogP contribution in [0, 0.1) is 0 Å². The summed E-state index contributed by atoms with van der Waals surface area (Å²) >= 11 is 0. The molecule has 0 aliphatic carbocycles. The molecule has 0 unspecified atom stereocenters. The Morgan fingerprint density at radius 2 is 1.79 bits per heavy atom. The number of methoxy groups -OCH3 is 1. The molecule has 0 bridgehead atoms. The van der Waals surface area contributed by atoms with Crippen molar-refractivity contribution in [2.45, 2.75) is 25.9 Å². The second kappa shape index (κ2) is 9.41. The maximum Gasteiger partial charge on any atom is 0.260 e. The number of fused-ring (bicyclic) bond motifs is 3. The Morgan fingerprint density at radius 1 is 1.00 bits per heavy atom. The van der Waals surface area contributed by atoms with Crippen molar-refractivity contribution >= 4 is 21.8 Å². The molecular formula is C27H31N3O3. The van der Waals surface area contributed by atoms with Crippen molar-refractivity contribution in [3.63, 3.8) is 0 Å². The minimum absolute atomic E-state index is 0.0549. The fourth-order valence-electron chi connectivity index (χ4n) is 5.01. The Morgan fingerprint density at radius 3 is 2.55 bits per heavy atom. The zero-order valence-corrected chi connectivity index (χ0v) is 19.4. The highest BCUT2D eigenvalue weighted by Crippen LogP contribution is 2.33. The molecule has 1 fully saturated rings. The van der Waals surface area contributed by atoms with Gasteiger partial charge in [-0.1, -0.05) is 42.5 Å². The van der Waals surface area contributed by atoms with Gasteiger partial charge in [0.15, 0.2) is 0 Å². The van der Waals surface area contributed by atoms with Crippen molar-refractivity contribution in [3.05, 3.63) is 76.7 Å². The van der Waals surface area contributed by atoms with E-state index in [2.05, 4.69) is 34.6 Å². The Kier molecular flexibility index (Phi) is 6.20. The molecule has 0 radical (unpaired) electrons. The van der Waals surface area contributed by atoms with E-state index in [-0.39, 0.29) is 11.6 Å². The number of benzene rings is 2. The van der Waals surface area contributed by atoms with Crippen LogP contribution in [0.2, 0.25) is 0 Å². The minimum atomic E-state index is 0.0549. The number of hydrogen-bond acceptors (Lipinski definition) is 4. The van der Waals surface area contributed by atoms with Gasteiger partial charge in [-0.3, -0.25) is 9.69 Å². The molecule has 1 saturated heterocycles. The number of aromatic nitrogens is 2. The standard InChI is InChI=1S/C27H31N3O3/c1-20(19-21-7-4-3-5-8-21)29-12-11-23-25(27(29)31)22-9-6-10-24(32-2)26(22)30(23)14-13-28-15-17-33-18-16-28/h3-12,20H,13-19H2,1-2H3/t20-/m1/s1. The van der Waals surface area contributed by atoms with E-state index in [0.29, 0.717) is 0 Å². The largest absolute Gasteiger partial charge is 0.495 e. The smallest absolute Gasteiger partial charge is 0.260 e. The summed E-state index contributed by atoms with van der Waals surface area (Å²) in [6, 6.07) is 18.5. The lowest BCUT2D eigenvalue weighted by Crippen LogP contribution is -2.38. The first-order valence-electron chi connectivity index (χ1n) is 11.7. The van der Waals surface area contributed by atoms with Crippen molar-refractivity contribution in [1.82, 2.24) is 14.0 Å². The lowest BCUT2D eigenvalue weighted by Gasteiger charge is -2.27. The predicted molar refractivity (Wildman–Crippen MR) is 132 cm³/mol. The third kappa shape index (κ3) is 4.16. The first-order valence-corrected chi connectivity index (χ1v) is 11.7. The number of morpholine rings is 1. The fraction of sp³-hybridized carbons (Fsp3) is 0.370. The third-order valence-corrected chi connectivity index (χ3v) is 6.74. The lowest BCUT2D eigenvalue weighted by molar-refractivity contribution is 0.0366. The zero-order chi connectivity index (χ0) is 22.8. The summed E-state index contributed by atoms with van der Waals surface area (Å²) in [4.78, 5) is 16.2. The molecule has 5 rings (SSSR count). The summed E-state index contributed by atoms with van der Waals surface area (Å²) in [5.74, 6) is 0.800. The number of hydrogen-bond donors (Lipinski definition) is 0. The summed E-state index contributed by atoms with van der Waals surface area (Å²) in [6.45, 7) is 7.26. The number of pyridine rings is 1. The summed E-state index contributed by atoms with van der Waals surface area (Å²) < 4.78 is 15.3. The highest BCUT2D eigenvalue weighted by molar-refractivity contribution is 6.09. The first kappa shape index (κ1) is 21.7. The molecule has 2 aromatic carbocycles. The normalized spacial score (nSPS) is 15.8. The molecule has 0 saturated carbocycles. The summed E-state index contributed by atoms with van der Waals surface area (Å²) in [6.07, 6.45) is 2.76. The van der Waals surface area contributed by atoms with Crippen molar-refractivity contribution in [3.8, 4) is 5.75 Å². The molecule has 33 heavy (non-hydrogen) atoms. The molecular weight excluding hydrogens is 414 g/mol. The molecule has 1 aliphatic rings. The average molecular weight is 446 g/mol. The Bertz CT molecular complexity index is 1300. The topological polar surface area (TPSA) is 48.6 Å². The van der Waals surface area contributed by atoms with E-state index < -0.39 is 0 Å². The highest BCUT2D eigenvalue weighted by atomic mass is 16.5. The second-order valence-corrected chi connectivity index (χ2v) is 8.79. The van der Waals surface area contributed by atoms with Crippen LogP contribution in [0.25, 0.3) is 21.8 Å². The van der Waals surface area contributed by atoms with Crippen LogP contribution in [0.3, 0.4) is 0 Å². The van der Waals surface area contributed by atoms with Gasteiger partial charge in [-0.05, 0) is 31.0 Å². The SMILES string of the molecule is COc1cccc2c3c(=O)n([C@H](C)Cc4ccccc4)ccc3n(CCN3CCOCC3)c12. The van der Waals surface area contributed by atoms with Gasteiger partial charge in [-0.15, -0.1) is 0 Å². The number of nitrogens with zero attached hydrogens (tertiary/aromatic N) is 3. The number of ether oxygens (including phenoxy) is 2. The maximum absolute atomic E-state index is 13.8. The van der Waals surface area contributed by atoms with E-state index in [1.165, 1.54) is 5.56 Å². The third-order valence-electron chi connectivity index (χ3n) is 6.74. The van der Waals surface area contributed by atoms with E-state index in [1.54, 1.807) is 7.11 Å². The second-order valence-electron chi connectivity index (χ2n) is 8.79. The van der Waals surface area contributed by atoms with Gasteiger partial charge in [0, 0.05) is 43.8 Å². The van der Waals surface area contributed by atoms with E-state index in [9.17, 15) is 4.79 Å². The summed E-state index contributed by atoms with van der Waals surface area (Å²) in [5.41, 5.74) is 3.25. The van der Waals surface area contributed by atoms with Crippen LogP contribution >= 0.6 is 0 Å². The van der Waals surface area contributed by atoms with E-state index >= 15 is 0 Å². The van der Waals surface area contributed by atoms with Crippen molar-refractivity contribution in [1.29, 1.82) is 0 Å². The molecule has 6 nitrogen and oxygen atoms in total. The molecule has 0 spiro atoms. The maximum atomic E-state index is 13.8. The summed E-state index contributed by atoms with van der Waals surface area (Å²) in [5, 5.41) is 1.73. The molecule has 0 N–H and O–H groups in total. The molecule has 6 heteroatoms. The van der Waals surface area contributed by atoms with Crippen LogP contribution in [0.5, 0.6) is 5.75 Å². The molecule has 4 aromatic rings. The Labute approximate surface area is 193 Å². The predicted octanol–water partition coefficient (Wildman–Crippen LogP) is 4.10. The fourth-order valence-corrected chi connectivity index (χ4v) is 5.01. The van der Waals surface area contributed by atoms with Crippen LogP contribution in [0.1, 0.15) is 18.5 Å². The Balaban J connectivity index is 1.58. The lowest BCUT2D eigenvalue weighted by atomic mass is 10.1. The van der Waals surface area contributed by atoms with Gasteiger partial charge in [0.05, 0.1) is 36.7 Å². The molecule has 3 heterocycles. The summed E-state index contributed by atoms with van der Waals surface area (Å²) in [7, 11) is 1.69. The van der Waals surface area contributed by atoms with Gasteiger partial charge in [0.2, 0.25) is 0 Å². The van der Waals surface area contributed by atoms with Gasteiger partial charge >= 0.3 is 0 Å². The van der Waals surface area contributed by atoms with Gasteiger partial charge < -0.3 is 18.6 Å². The number of rotatable bonds is 7. The van der Waals surface area contributed by atoms with Crippen LogP contribution in [0.15, 0.2) is 65.6 Å². The average Bonchev–Trinajstić information content (AvgIpc) is 3.18. The zero-order valence-electron chi connectivity index (χ0n) is 19.4. The van der Waals surface area contributed by atoms with Crippen molar-refractivity contribution in [2.75, 3.05) is 40.0 Å².